The average molecular weight is 238 g/mol. The second-order valence-corrected chi connectivity index (χ2v) is 3.74. The number of aromatic nitrogens is 1. The molecule has 0 amide bonds. The number of methoxy groups -OCH3 is 1. The number of hydrogen-bond donors (Lipinski definition) is 2. The Morgan fingerprint density at radius 3 is 3.06 bits per heavy atom. The van der Waals surface area contributed by atoms with Crippen molar-refractivity contribution in [3.63, 3.8) is 0 Å². The van der Waals surface area contributed by atoms with Gasteiger partial charge in [-0.15, -0.1) is 0 Å². The Kier molecular flexibility index (Phi) is 5.42. The predicted octanol–water partition coefficient (Wildman–Crippen LogP) is 1.44. The lowest BCUT2D eigenvalue weighted by molar-refractivity contribution is 0.0600. The summed E-state index contributed by atoms with van der Waals surface area (Å²) in [7, 11) is 1.33. The summed E-state index contributed by atoms with van der Waals surface area (Å²) >= 11 is 0. The number of nitrogens with one attached hydrogen (secondary N) is 1. The van der Waals surface area contributed by atoms with Crippen LogP contribution in [-0.4, -0.2) is 35.8 Å². The molecule has 0 aliphatic heterocycles. The van der Waals surface area contributed by atoms with Gasteiger partial charge in [-0.25, -0.2) is 9.78 Å². The summed E-state index contributed by atoms with van der Waals surface area (Å²) in [4.78, 5) is 15.3. The monoisotopic (exact) mass is 238 g/mol. The minimum absolute atomic E-state index is 0.399. The highest BCUT2D eigenvalue weighted by Gasteiger charge is 2.07. The molecule has 1 heterocycles. The molecule has 1 aromatic heterocycles. The van der Waals surface area contributed by atoms with Gasteiger partial charge in [0.1, 0.15) is 5.82 Å². The maximum absolute atomic E-state index is 11.3. The first-order chi connectivity index (χ1) is 8.17. The SMILES string of the molecule is CCCC(O)CNc1cc(C(=O)OC)ccn1. The van der Waals surface area contributed by atoms with E-state index < -0.39 is 12.1 Å². The number of esters is 1. The lowest BCUT2D eigenvalue weighted by Crippen LogP contribution is -2.19. The molecule has 94 valence electrons. The van der Waals surface area contributed by atoms with E-state index in [1.807, 2.05) is 6.92 Å². The molecule has 0 saturated heterocycles. The highest BCUT2D eigenvalue weighted by Crippen LogP contribution is 2.08. The molecule has 0 saturated carbocycles. The van der Waals surface area contributed by atoms with Crippen LogP contribution in [0.5, 0.6) is 0 Å². The molecule has 0 spiro atoms. The summed E-state index contributed by atoms with van der Waals surface area (Å²) in [5, 5.41) is 12.5. The van der Waals surface area contributed by atoms with E-state index in [9.17, 15) is 9.90 Å². The normalized spacial score (nSPS) is 11.9. The van der Waals surface area contributed by atoms with Crippen LogP contribution in [0.2, 0.25) is 0 Å². The van der Waals surface area contributed by atoms with E-state index >= 15 is 0 Å². The van der Waals surface area contributed by atoms with Gasteiger partial charge in [0.2, 0.25) is 0 Å². The van der Waals surface area contributed by atoms with Crippen molar-refractivity contribution in [1.82, 2.24) is 4.98 Å². The first kappa shape index (κ1) is 13.4. The fraction of sp³-hybridized carbons (Fsp3) is 0.500. The summed E-state index contributed by atoms with van der Waals surface area (Å²) < 4.78 is 4.61. The number of aliphatic hydroxyl groups excluding tert-OH is 1. The van der Waals surface area contributed by atoms with Crippen LogP contribution in [0.3, 0.4) is 0 Å². The van der Waals surface area contributed by atoms with E-state index in [2.05, 4.69) is 15.0 Å². The second-order valence-electron chi connectivity index (χ2n) is 3.74. The number of carbonyl (C=O) groups excluding carboxylic acids is 1. The maximum atomic E-state index is 11.3. The number of anilines is 1. The van der Waals surface area contributed by atoms with Crippen molar-refractivity contribution in [3.8, 4) is 0 Å². The molecule has 1 atom stereocenters. The standard InChI is InChI=1S/C12H18N2O3/c1-3-4-10(15)8-14-11-7-9(5-6-13-11)12(16)17-2/h5-7,10,15H,3-4,8H2,1-2H3,(H,13,14). The Balaban J connectivity index is 2.57. The lowest BCUT2D eigenvalue weighted by atomic mass is 10.2. The van der Waals surface area contributed by atoms with Crippen LogP contribution in [-0.2, 0) is 4.74 Å². The maximum Gasteiger partial charge on any atom is 0.338 e. The molecule has 1 rings (SSSR count). The largest absolute Gasteiger partial charge is 0.465 e. The number of aliphatic hydroxyl groups is 1. The van der Waals surface area contributed by atoms with Gasteiger partial charge in [0.05, 0.1) is 18.8 Å². The van der Waals surface area contributed by atoms with Crippen molar-refractivity contribution < 1.29 is 14.6 Å². The highest BCUT2D eigenvalue weighted by atomic mass is 16.5. The van der Waals surface area contributed by atoms with Gasteiger partial charge in [0, 0.05) is 12.7 Å². The smallest absolute Gasteiger partial charge is 0.338 e. The van der Waals surface area contributed by atoms with E-state index in [1.54, 1.807) is 12.1 Å². The molecule has 0 aliphatic carbocycles. The van der Waals surface area contributed by atoms with Crippen LogP contribution in [0, 0.1) is 0 Å². The Hall–Kier alpha value is -1.62. The van der Waals surface area contributed by atoms with Gasteiger partial charge >= 0.3 is 5.97 Å². The van der Waals surface area contributed by atoms with Crippen LogP contribution in [0.25, 0.3) is 0 Å². The molecule has 0 aliphatic rings. The number of hydrogen-bond acceptors (Lipinski definition) is 5. The highest BCUT2D eigenvalue weighted by molar-refractivity contribution is 5.89. The molecular formula is C12H18N2O3. The number of pyridine rings is 1. The Labute approximate surface area is 101 Å². The number of rotatable bonds is 6. The zero-order valence-corrected chi connectivity index (χ0v) is 10.1. The molecule has 2 N–H and O–H groups in total. The number of nitrogens with zero attached hydrogens (tertiary/aromatic N) is 1. The van der Waals surface area contributed by atoms with Gasteiger partial charge < -0.3 is 15.2 Å². The zero-order chi connectivity index (χ0) is 12.7. The van der Waals surface area contributed by atoms with Gasteiger partial charge in [-0.1, -0.05) is 13.3 Å². The predicted molar refractivity (Wildman–Crippen MR) is 65.0 cm³/mol. The quantitative estimate of drug-likeness (QED) is 0.734. The van der Waals surface area contributed by atoms with Crippen molar-refractivity contribution >= 4 is 11.8 Å². The van der Waals surface area contributed by atoms with E-state index in [0.717, 1.165) is 12.8 Å². The Bertz CT molecular complexity index is 369. The van der Waals surface area contributed by atoms with E-state index in [4.69, 9.17) is 0 Å². The third-order valence-electron chi connectivity index (χ3n) is 2.32. The first-order valence-corrected chi connectivity index (χ1v) is 5.63. The number of carbonyl (C=O) groups is 1. The van der Waals surface area contributed by atoms with Crippen molar-refractivity contribution in [1.29, 1.82) is 0 Å². The summed E-state index contributed by atoms with van der Waals surface area (Å²) in [5.74, 6) is 0.160. The summed E-state index contributed by atoms with van der Waals surface area (Å²) in [6.45, 7) is 2.44. The molecule has 5 nitrogen and oxygen atoms in total. The summed E-state index contributed by atoms with van der Waals surface area (Å²) in [5.41, 5.74) is 0.440. The molecule has 0 fully saturated rings. The molecule has 0 aromatic carbocycles. The Morgan fingerprint density at radius 1 is 1.65 bits per heavy atom. The van der Waals surface area contributed by atoms with Crippen LogP contribution in [0.15, 0.2) is 18.3 Å². The minimum atomic E-state index is -0.399. The molecule has 17 heavy (non-hydrogen) atoms. The van der Waals surface area contributed by atoms with Crippen LogP contribution in [0.1, 0.15) is 30.1 Å². The van der Waals surface area contributed by atoms with E-state index in [-0.39, 0.29) is 0 Å². The van der Waals surface area contributed by atoms with Crippen LogP contribution >= 0.6 is 0 Å². The summed E-state index contributed by atoms with van der Waals surface area (Å²) in [6, 6.07) is 3.18. The zero-order valence-electron chi connectivity index (χ0n) is 10.1. The summed E-state index contributed by atoms with van der Waals surface area (Å²) in [6.07, 6.45) is 2.80. The fourth-order valence-electron chi connectivity index (χ4n) is 1.43. The van der Waals surface area contributed by atoms with Gasteiger partial charge in [-0.3, -0.25) is 0 Å². The number of ether oxygens (including phenoxy) is 1. The van der Waals surface area contributed by atoms with Gasteiger partial charge in [0.25, 0.3) is 0 Å². The third-order valence-corrected chi connectivity index (χ3v) is 2.32. The third kappa shape index (κ3) is 4.40. The van der Waals surface area contributed by atoms with Crippen LogP contribution in [0.4, 0.5) is 5.82 Å². The first-order valence-electron chi connectivity index (χ1n) is 5.63. The molecular weight excluding hydrogens is 220 g/mol. The lowest BCUT2D eigenvalue weighted by Gasteiger charge is -2.11. The molecule has 5 heteroatoms. The second kappa shape index (κ2) is 6.85. The van der Waals surface area contributed by atoms with Crippen molar-refractivity contribution in [2.75, 3.05) is 19.0 Å². The van der Waals surface area contributed by atoms with E-state index in [1.165, 1.54) is 13.3 Å². The van der Waals surface area contributed by atoms with Crippen molar-refractivity contribution in [3.05, 3.63) is 23.9 Å². The molecule has 0 radical (unpaired) electrons. The van der Waals surface area contributed by atoms with Gasteiger partial charge in [-0.05, 0) is 18.6 Å². The van der Waals surface area contributed by atoms with Gasteiger partial charge in [0.15, 0.2) is 0 Å². The minimum Gasteiger partial charge on any atom is -0.465 e. The topological polar surface area (TPSA) is 71.5 Å². The van der Waals surface area contributed by atoms with Crippen molar-refractivity contribution in [2.24, 2.45) is 0 Å². The molecule has 0 bridgehead atoms. The van der Waals surface area contributed by atoms with Crippen LogP contribution < -0.4 is 5.32 Å². The molecule has 1 unspecified atom stereocenters. The molecule has 1 aromatic rings. The van der Waals surface area contributed by atoms with Crippen molar-refractivity contribution in [2.45, 2.75) is 25.9 Å². The average Bonchev–Trinajstić information content (AvgIpc) is 2.36. The Morgan fingerprint density at radius 2 is 2.41 bits per heavy atom. The van der Waals surface area contributed by atoms with E-state index in [0.29, 0.717) is 17.9 Å². The van der Waals surface area contributed by atoms with Gasteiger partial charge in [-0.2, -0.15) is 0 Å². The fourth-order valence-corrected chi connectivity index (χ4v) is 1.43.